The van der Waals surface area contributed by atoms with E-state index in [1.54, 1.807) is 6.20 Å². The summed E-state index contributed by atoms with van der Waals surface area (Å²) < 4.78 is 12.1. The molecule has 1 N–H and O–H groups in total. The molecule has 0 bridgehead atoms. The van der Waals surface area contributed by atoms with Crippen molar-refractivity contribution >= 4 is 22.4 Å². The fourth-order valence-corrected chi connectivity index (χ4v) is 3.27. The summed E-state index contributed by atoms with van der Waals surface area (Å²) in [7, 11) is -1.15. The van der Waals surface area contributed by atoms with Crippen molar-refractivity contribution in [2.45, 2.75) is 24.9 Å². The summed E-state index contributed by atoms with van der Waals surface area (Å²) in [6.45, 7) is 3.83. The topological polar surface area (TPSA) is 54.9 Å². The summed E-state index contributed by atoms with van der Waals surface area (Å²) in [6.07, 6.45) is 3.90. The zero-order valence-electron chi connectivity index (χ0n) is 9.78. The van der Waals surface area contributed by atoms with Crippen LogP contribution < -0.4 is 5.32 Å². The third kappa shape index (κ3) is 3.47. The van der Waals surface area contributed by atoms with Gasteiger partial charge in [-0.05, 0) is 38.8 Å². The monoisotopic (exact) mass is 273 g/mol. The number of rotatable bonds is 3. The van der Waals surface area contributed by atoms with E-state index < -0.39 is 10.8 Å². The number of aromatic nitrogens is 2. The molecule has 0 aliphatic carbocycles. The number of hydrogen-bond donors (Lipinski definition) is 1. The molecule has 0 spiro atoms. The zero-order valence-corrected chi connectivity index (χ0v) is 11.4. The van der Waals surface area contributed by atoms with Crippen LogP contribution in [0.5, 0.6) is 0 Å². The van der Waals surface area contributed by atoms with Crippen LogP contribution >= 0.6 is 11.6 Å². The van der Waals surface area contributed by atoms with E-state index in [-0.39, 0.29) is 0 Å². The van der Waals surface area contributed by atoms with Crippen molar-refractivity contribution in [2.24, 2.45) is 5.92 Å². The van der Waals surface area contributed by atoms with Crippen LogP contribution in [0.3, 0.4) is 0 Å². The van der Waals surface area contributed by atoms with Crippen LogP contribution in [-0.2, 0) is 10.8 Å². The molecule has 1 aromatic rings. The number of nitrogens with zero attached hydrogens (tertiary/aromatic N) is 2. The lowest BCUT2D eigenvalue weighted by Gasteiger charge is -2.21. The molecule has 2 heterocycles. The summed E-state index contributed by atoms with van der Waals surface area (Å²) >= 11 is 5.90. The highest BCUT2D eigenvalue weighted by molar-refractivity contribution is 7.84. The van der Waals surface area contributed by atoms with Crippen molar-refractivity contribution in [1.82, 2.24) is 15.3 Å². The number of nitrogens with one attached hydrogen (secondary N) is 1. The van der Waals surface area contributed by atoms with Gasteiger partial charge in [0.1, 0.15) is 5.15 Å². The van der Waals surface area contributed by atoms with Crippen molar-refractivity contribution in [3.63, 3.8) is 0 Å². The summed E-state index contributed by atoms with van der Waals surface area (Å²) in [5.74, 6) is 1.07. The predicted molar refractivity (Wildman–Crippen MR) is 68.6 cm³/mol. The van der Waals surface area contributed by atoms with Crippen molar-refractivity contribution < 1.29 is 4.21 Å². The van der Waals surface area contributed by atoms with E-state index >= 15 is 0 Å². The molecular weight excluding hydrogens is 258 g/mol. The summed E-state index contributed by atoms with van der Waals surface area (Å²) in [5, 5.41) is 4.06. The highest BCUT2D eigenvalue weighted by atomic mass is 35.5. The standard InChI is InChI=1S/C11H16ClN3OS/c1-8-5-14-11(15-10(8)12)17(16)7-9-3-2-4-13-6-9/h5,9,13H,2-4,6-7H2,1H3/t9-,17-/m0/s1. The van der Waals surface area contributed by atoms with Crippen molar-refractivity contribution in [2.75, 3.05) is 18.8 Å². The Hall–Kier alpha value is -0.520. The Bertz CT molecular complexity index is 421. The smallest absolute Gasteiger partial charge is 0.219 e. The maximum Gasteiger partial charge on any atom is 0.219 e. The first-order valence-corrected chi connectivity index (χ1v) is 7.44. The Morgan fingerprint density at radius 1 is 1.65 bits per heavy atom. The molecular formula is C11H16ClN3OS. The molecule has 0 amide bonds. The van der Waals surface area contributed by atoms with Gasteiger partial charge in [0.05, 0.1) is 10.8 Å². The highest BCUT2D eigenvalue weighted by Crippen LogP contribution is 2.16. The highest BCUT2D eigenvalue weighted by Gasteiger charge is 2.18. The van der Waals surface area contributed by atoms with Gasteiger partial charge < -0.3 is 5.32 Å². The van der Waals surface area contributed by atoms with E-state index in [1.807, 2.05) is 6.92 Å². The molecule has 1 aromatic heterocycles. The molecule has 0 aromatic carbocycles. The van der Waals surface area contributed by atoms with Gasteiger partial charge in [-0.15, -0.1) is 0 Å². The molecule has 4 nitrogen and oxygen atoms in total. The Kier molecular flexibility index (Phi) is 4.48. The molecule has 0 radical (unpaired) electrons. The van der Waals surface area contributed by atoms with Gasteiger partial charge in [-0.3, -0.25) is 4.21 Å². The lowest BCUT2D eigenvalue weighted by Crippen LogP contribution is -2.32. The summed E-state index contributed by atoms with van der Waals surface area (Å²) in [6, 6.07) is 0. The van der Waals surface area contributed by atoms with E-state index in [0.29, 0.717) is 22.0 Å². The maximum atomic E-state index is 12.1. The quantitative estimate of drug-likeness (QED) is 0.671. The van der Waals surface area contributed by atoms with Gasteiger partial charge in [0.15, 0.2) is 0 Å². The van der Waals surface area contributed by atoms with Gasteiger partial charge in [-0.25, -0.2) is 9.97 Å². The van der Waals surface area contributed by atoms with Crippen LogP contribution in [0.1, 0.15) is 18.4 Å². The number of hydrogen-bond acceptors (Lipinski definition) is 4. The van der Waals surface area contributed by atoms with Crippen LogP contribution in [-0.4, -0.2) is 33.0 Å². The van der Waals surface area contributed by atoms with E-state index in [0.717, 1.165) is 31.5 Å². The van der Waals surface area contributed by atoms with Gasteiger partial charge in [-0.1, -0.05) is 11.6 Å². The molecule has 17 heavy (non-hydrogen) atoms. The van der Waals surface area contributed by atoms with Gasteiger partial charge >= 0.3 is 0 Å². The molecule has 1 aliphatic heterocycles. The summed E-state index contributed by atoms with van der Waals surface area (Å²) in [4.78, 5) is 8.16. The average molecular weight is 274 g/mol. The van der Waals surface area contributed by atoms with E-state index in [9.17, 15) is 4.21 Å². The lowest BCUT2D eigenvalue weighted by molar-refractivity contribution is 0.407. The molecule has 94 valence electrons. The minimum atomic E-state index is -1.15. The lowest BCUT2D eigenvalue weighted by atomic mass is 10.0. The van der Waals surface area contributed by atoms with Crippen LogP contribution in [0, 0.1) is 12.8 Å². The van der Waals surface area contributed by atoms with Crippen molar-refractivity contribution in [3.05, 3.63) is 16.9 Å². The second kappa shape index (κ2) is 5.89. The minimum absolute atomic E-state index is 0.353. The molecule has 6 heteroatoms. The average Bonchev–Trinajstić information content (AvgIpc) is 2.34. The second-order valence-electron chi connectivity index (χ2n) is 4.35. The third-order valence-corrected chi connectivity index (χ3v) is 4.64. The van der Waals surface area contributed by atoms with E-state index in [4.69, 9.17) is 11.6 Å². The molecule has 1 saturated heterocycles. The van der Waals surface area contributed by atoms with Gasteiger partial charge in [0.2, 0.25) is 5.16 Å². The first-order chi connectivity index (χ1) is 8.16. The third-order valence-electron chi connectivity index (χ3n) is 2.88. The Balaban J connectivity index is 2.01. The first kappa shape index (κ1) is 12.9. The van der Waals surface area contributed by atoms with Gasteiger partial charge in [-0.2, -0.15) is 0 Å². The molecule has 0 unspecified atom stereocenters. The second-order valence-corrected chi connectivity index (χ2v) is 6.10. The van der Waals surface area contributed by atoms with Crippen molar-refractivity contribution in [3.8, 4) is 0 Å². The van der Waals surface area contributed by atoms with Gasteiger partial charge in [0, 0.05) is 17.5 Å². The van der Waals surface area contributed by atoms with Crippen LogP contribution in [0.2, 0.25) is 5.15 Å². The fourth-order valence-electron chi connectivity index (χ4n) is 1.87. The molecule has 0 saturated carbocycles. The van der Waals surface area contributed by atoms with E-state index in [1.165, 1.54) is 0 Å². The molecule has 2 atom stereocenters. The normalized spacial score (nSPS) is 22.4. The number of piperidine rings is 1. The molecule has 1 aliphatic rings. The fraction of sp³-hybridized carbons (Fsp3) is 0.636. The molecule has 2 rings (SSSR count). The predicted octanol–water partition coefficient (Wildman–Crippen LogP) is 1.55. The number of halogens is 1. The van der Waals surface area contributed by atoms with Crippen molar-refractivity contribution in [1.29, 1.82) is 0 Å². The van der Waals surface area contributed by atoms with E-state index in [2.05, 4.69) is 15.3 Å². The van der Waals surface area contributed by atoms with Crippen LogP contribution in [0.15, 0.2) is 11.4 Å². The SMILES string of the molecule is Cc1cnc([S@@](=O)C[C@H]2CCCNC2)nc1Cl. The summed E-state index contributed by atoms with van der Waals surface area (Å²) in [5.41, 5.74) is 0.812. The van der Waals surface area contributed by atoms with Crippen LogP contribution in [0.25, 0.3) is 0 Å². The Morgan fingerprint density at radius 2 is 2.47 bits per heavy atom. The zero-order chi connectivity index (χ0) is 12.3. The maximum absolute atomic E-state index is 12.1. The first-order valence-electron chi connectivity index (χ1n) is 5.75. The Labute approximate surface area is 109 Å². The molecule has 1 fully saturated rings. The number of aryl methyl sites for hydroxylation is 1. The largest absolute Gasteiger partial charge is 0.316 e. The Morgan fingerprint density at radius 3 is 3.12 bits per heavy atom. The minimum Gasteiger partial charge on any atom is -0.316 e. The van der Waals surface area contributed by atoms with Crippen LogP contribution in [0.4, 0.5) is 0 Å². The van der Waals surface area contributed by atoms with Gasteiger partial charge in [0.25, 0.3) is 0 Å².